The van der Waals surface area contributed by atoms with Gasteiger partial charge in [0.25, 0.3) is 0 Å². The number of thiazole rings is 1. The Labute approximate surface area is 214 Å². The van der Waals surface area contributed by atoms with E-state index in [4.69, 9.17) is 21.3 Å². The maximum Gasteiger partial charge on any atom is 0.411 e. The lowest BCUT2D eigenvalue weighted by Gasteiger charge is -2.32. The Morgan fingerprint density at radius 3 is 2.66 bits per heavy atom. The Kier molecular flexibility index (Phi) is 7.32. The molecule has 35 heavy (non-hydrogen) atoms. The summed E-state index contributed by atoms with van der Waals surface area (Å²) in [7, 11) is 1.65. The predicted molar refractivity (Wildman–Crippen MR) is 138 cm³/mol. The summed E-state index contributed by atoms with van der Waals surface area (Å²) in [5, 5.41) is 3.85. The zero-order valence-electron chi connectivity index (χ0n) is 20.4. The zero-order valence-corrected chi connectivity index (χ0v) is 22.0. The molecule has 3 heterocycles. The molecule has 1 atom stereocenters. The number of anilines is 3. The number of hydrogen-bond acceptors (Lipinski definition) is 9. The third-order valence-electron chi connectivity index (χ3n) is 5.34. The molecule has 11 heteroatoms. The fourth-order valence-electron chi connectivity index (χ4n) is 3.76. The van der Waals surface area contributed by atoms with Crippen molar-refractivity contribution in [3.63, 3.8) is 0 Å². The fourth-order valence-corrected chi connectivity index (χ4v) is 5.02. The van der Waals surface area contributed by atoms with E-state index in [9.17, 15) is 4.79 Å². The van der Waals surface area contributed by atoms with Crippen molar-refractivity contribution in [2.75, 3.05) is 23.4 Å². The number of carbonyl (C=O) groups excluding carboxylic acids is 1. The summed E-state index contributed by atoms with van der Waals surface area (Å²) in [5.41, 5.74) is 1.37. The van der Waals surface area contributed by atoms with Crippen LogP contribution in [-0.2, 0) is 4.74 Å². The van der Waals surface area contributed by atoms with Gasteiger partial charge in [-0.3, -0.25) is 10.2 Å². The van der Waals surface area contributed by atoms with Gasteiger partial charge in [-0.05, 0) is 70.4 Å². The normalized spacial score (nSPS) is 15.7. The first-order valence-electron chi connectivity index (χ1n) is 11.3. The Morgan fingerprint density at radius 2 is 1.97 bits per heavy atom. The van der Waals surface area contributed by atoms with Gasteiger partial charge in [0.1, 0.15) is 17.5 Å². The predicted octanol–water partition coefficient (Wildman–Crippen LogP) is 5.98. The van der Waals surface area contributed by atoms with Gasteiger partial charge in [-0.1, -0.05) is 11.3 Å². The quantitative estimate of drug-likeness (QED) is 0.400. The highest BCUT2D eigenvalue weighted by molar-refractivity contribution is 7.19. The van der Waals surface area contributed by atoms with E-state index >= 15 is 0 Å². The number of methoxy groups -OCH3 is 1. The van der Waals surface area contributed by atoms with E-state index in [-0.39, 0.29) is 12.3 Å². The van der Waals surface area contributed by atoms with Gasteiger partial charge >= 0.3 is 6.09 Å². The Bertz CT molecular complexity index is 1180. The van der Waals surface area contributed by atoms with Crippen LogP contribution >= 0.6 is 23.1 Å². The molecule has 0 aliphatic carbocycles. The number of ether oxygens (including phenoxy) is 2. The Balaban J connectivity index is 1.49. The van der Waals surface area contributed by atoms with Gasteiger partial charge < -0.3 is 9.47 Å². The molecular weight excluding hydrogens is 488 g/mol. The van der Waals surface area contributed by atoms with Gasteiger partial charge in [0.05, 0.1) is 17.7 Å². The molecule has 1 aliphatic rings. The number of carbonyl (C=O) groups is 1. The largest absolute Gasteiger partial charge is 0.497 e. The molecule has 0 bridgehead atoms. The maximum absolute atomic E-state index is 12.7. The van der Waals surface area contributed by atoms with Gasteiger partial charge in [0, 0.05) is 30.6 Å². The second-order valence-electron chi connectivity index (χ2n) is 9.13. The summed E-state index contributed by atoms with van der Waals surface area (Å²) in [4.78, 5) is 28.8. The van der Waals surface area contributed by atoms with Crippen molar-refractivity contribution in [1.29, 1.82) is 0 Å². The van der Waals surface area contributed by atoms with Gasteiger partial charge in [-0.25, -0.2) is 19.2 Å². The van der Waals surface area contributed by atoms with Crippen LogP contribution in [0.1, 0.15) is 39.3 Å². The third kappa shape index (κ3) is 5.94. The van der Waals surface area contributed by atoms with Crippen LogP contribution in [0.2, 0.25) is 0 Å². The van der Waals surface area contributed by atoms with Crippen molar-refractivity contribution in [2.45, 2.75) is 52.3 Å². The lowest BCUT2D eigenvalue weighted by atomic mass is 10.1. The first-order chi connectivity index (χ1) is 16.6. The number of hydrogen-bond donors (Lipinski definition) is 1. The minimum atomic E-state index is -0.579. The average molecular weight is 517 g/mol. The van der Waals surface area contributed by atoms with E-state index in [1.807, 2.05) is 52.0 Å². The first-order valence-corrected chi connectivity index (χ1v) is 12.5. The maximum atomic E-state index is 12.7. The number of aryl methyl sites for hydroxylation is 1. The van der Waals surface area contributed by atoms with Crippen LogP contribution in [0.3, 0.4) is 0 Å². The van der Waals surface area contributed by atoms with Crippen LogP contribution in [0.15, 0.2) is 36.5 Å². The summed E-state index contributed by atoms with van der Waals surface area (Å²) < 4.78 is 12.3. The standard InChI is InChI=1S/C24H29ClN6O3S/c1-15-20(16-8-10-17(33-5)11-9-16)35-22(27-15)29-21-26-13-12-18(28-21)31(25)19-7-6-14-30(19)23(32)34-24(2,3)4/h8-13,19H,6-7,14H2,1-5H3,(H,26,27,28,29)/t19-/m0/s1. The van der Waals surface area contributed by atoms with Crippen LogP contribution in [-0.4, -0.2) is 51.4 Å². The van der Waals surface area contributed by atoms with Crippen molar-refractivity contribution >= 4 is 46.1 Å². The SMILES string of the molecule is COc1ccc(-c2sc(Nc3nccc(N(Cl)[C@H]4CCCN4C(=O)OC(C)(C)C)n3)nc2C)cc1. The summed E-state index contributed by atoms with van der Waals surface area (Å²) in [5.74, 6) is 1.65. The second-order valence-corrected chi connectivity index (χ2v) is 10.5. The van der Waals surface area contributed by atoms with Crippen molar-refractivity contribution in [3.8, 4) is 16.2 Å². The molecule has 1 saturated heterocycles. The number of halogens is 1. The van der Waals surface area contributed by atoms with Crippen molar-refractivity contribution in [1.82, 2.24) is 19.9 Å². The second kappa shape index (κ2) is 10.2. The van der Waals surface area contributed by atoms with E-state index in [1.54, 1.807) is 24.3 Å². The minimum absolute atomic E-state index is 0.363. The van der Waals surface area contributed by atoms with E-state index in [0.717, 1.165) is 28.3 Å². The highest BCUT2D eigenvalue weighted by atomic mass is 35.5. The number of nitrogens with zero attached hydrogens (tertiary/aromatic N) is 5. The fraction of sp³-hybridized carbons (Fsp3) is 0.417. The van der Waals surface area contributed by atoms with Crippen LogP contribution in [0.4, 0.5) is 21.7 Å². The van der Waals surface area contributed by atoms with Crippen molar-refractivity contribution in [2.24, 2.45) is 0 Å². The summed E-state index contributed by atoms with van der Waals surface area (Å²) in [6.45, 7) is 8.07. The van der Waals surface area contributed by atoms with Gasteiger partial charge in [0.2, 0.25) is 5.95 Å². The molecule has 1 N–H and O–H groups in total. The molecule has 3 aromatic rings. The average Bonchev–Trinajstić information content (AvgIpc) is 3.44. The molecule has 1 fully saturated rings. The smallest absolute Gasteiger partial charge is 0.411 e. The minimum Gasteiger partial charge on any atom is -0.497 e. The molecule has 4 rings (SSSR count). The molecule has 9 nitrogen and oxygen atoms in total. The molecule has 186 valence electrons. The lowest BCUT2D eigenvalue weighted by Crippen LogP contribution is -2.46. The van der Waals surface area contributed by atoms with E-state index in [0.29, 0.717) is 29.9 Å². The van der Waals surface area contributed by atoms with Crippen molar-refractivity contribution in [3.05, 3.63) is 42.2 Å². The van der Waals surface area contributed by atoms with Gasteiger partial charge in [0.15, 0.2) is 10.9 Å². The monoisotopic (exact) mass is 516 g/mol. The molecular formula is C24H29ClN6O3S. The lowest BCUT2D eigenvalue weighted by molar-refractivity contribution is 0.0234. The van der Waals surface area contributed by atoms with Crippen LogP contribution in [0.5, 0.6) is 5.75 Å². The zero-order chi connectivity index (χ0) is 25.2. The van der Waals surface area contributed by atoms with E-state index < -0.39 is 5.60 Å². The number of benzene rings is 1. The molecule has 0 saturated carbocycles. The number of aromatic nitrogens is 3. The first kappa shape index (κ1) is 25.0. The molecule has 0 unspecified atom stereocenters. The van der Waals surface area contributed by atoms with Crippen LogP contribution in [0, 0.1) is 6.92 Å². The third-order valence-corrected chi connectivity index (χ3v) is 6.86. The molecule has 0 spiro atoms. The number of amides is 1. The van der Waals surface area contributed by atoms with Crippen LogP contribution in [0.25, 0.3) is 10.4 Å². The van der Waals surface area contributed by atoms with E-state index in [1.165, 1.54) is 15.8 Å². The Hall–Kier alpha value is -3.11. The van der Waals surface area contributed by atoms with Crippen LogP contribution < -0.4 is 14.5 Å². The highest BCUT2D eigenvalue weighted by Gasteiger charge is 2.36. The molecule has 2 aromatic heterocycles. The topological polar surface area (TPSA) is 92.7 Å². The number of rotatable bonds is 6. The molecule has 1 amide bonds. The summed E-state index contributed by atoms with van der Waals surface area (Å²) in [6.07, 6.45) is 2.42. The molecule has 1 aliphatic heterocycles. The molecule has 1 aromatic carbocycles. The number of nitrogens with one attached hydrogen (secondary N) is 1. The number of likely N-dealkylation sites (tertiary alicyclic amines) is 1. The summed E-state index contributed by atoms with van der Waals surface area (Å²) in [6, 6.07) is 9.56. The van der Waals surface area contributed by atoms with Crippen molar-refractivity contribution < 1.29 is 14.3 Å². The van der Waals surface area contributed by atoms with Gasteiger partial charge in [-0.15, -0.1) is 0 Å². The van der Waals surface area contributed by atoms with Gasteiger partial charge in [-0.2, -0.15) is 4.98 Å². The Morgan fingerprint density at radius 1 is 1.23 bits per heavy atom. The molecule has 0 radical (unpaired) electrons. The van der Waals surface area contributed by atoms with E-state index in [2.05, 4.69) is 20.3 Å². The summed E-state index contributed by atoms with van der Waals surface area (Å²) >= 11 is 8.19. The highest BCUT2D eigenvalue weighted by Crippen LogP contribution is 2.35.